The minimum atomic E-state index is -0.349. The van der Waals surface area contributed by atoms with Gasteiger partial charge in [-0.2, -0.15) is 5.26 Å². The highest BCUT2D eigenvalue weighted by Crippen LogP contribution is 2.36. The van der Waals surface area contributed by atoms with Gasteiger partial charge in [-0.25, -0.2) is 0 Å². The summed E-state index contributed by atoms with van der Waals surface area (Å²) in [6, 6.07) is 17.6. The molecule has 0 saturated heterocycles. The third-order valence-corrected chi connectivity index (χ3v) is 4.19. The maximum Gasteiger partial charge on any atom is 0.211 e. The fourth-order valence-electron chi connectivity index (χ4n) is 3.13. The van der Waals surface area contributed by atoms with E-state index in [-0.39, 0.29) is 34.2 Å². The van der Waals surface area contributed by atoms with Crippen molar-refractivity contribution in [1.29, 1.82) is 5.26 Å². The molecule has 5 heteroatoms. The van der Waals surface area contributed by atoms with E-state index in [1.807, 2.05) is 12.1 Å². The first-order chi connectivity index (χ1) is 11.6. The van der Waals surface area contributed by atoms with Crippen LogP contribution in [0.4, 0.5) is 5.82 Å². The number of hydrogen-bond donors (Lipinski definition) is 1. The van der Waals surface area contributed by atoms with Gasteiger partial charge in [0.25, 0.3) is 0 Å². The summed E-state index contributed by atoms with van der Waals surface area (Å²) in [6.45, 7) is 0. The van der Waals surface area contributed by atoms with Crippen molar-refractivity contribution in [3.63, 3.8) is 0 Å². The molecule has 0 amide bonds. The Balaban J connectivity index is 2.12. The molecule has 0 radical (unpaired) electrons. The molecule has 2 aromatic carbocycles. The van der Waals surface area contributed by atoms with E-state index in [1.54, 1.807) is 48.5 Å². The summed E-state index contributed by atoms with van der Waals surface area (Å²) in [5, 5.41) is 9.48. The molecule has 24 heavy (non-hydrogen) atoms. The van der Waals surface area contributed by atoms with E-state index in [0.717, 1.165) is 0 Å². The number of hydrogen-bond acceptors (Lipinski definition) is 4. The number of benzene rings is 2. The lowest BCUT2D eigenvalue weighted by atomic mass is 9.86. The molecule has 1 heterocycles. The number of carbonyl (C=O) groups is 2. The summed E-state index contributed by atoms with van der Waals surface area (Å²) in [5.41, 5.74) is 7.67. The van der Waals surface area contributed by atoms with E-state index in [9.17, 15) is 14.9 Å². The highest BCUT2D eigenvalue weighted by Gasteiger charge is 2.37. The molecule has 114 valence electrons. The van der Waals surface area contributed by atoms with Crippen LogP contribution in [0.5, 0.6) is 0 Å². The molecule has 0 spiro atoms. The predicted molar refractivity (Wildman–Crippen MR) is 88.2 cm³/mol. The van der Waals surface area contributed by atoms with Crippen molar-refractivity contribution in [3.05, 3.63) is 82.5 Å². The summed E-state index contributed by atoms with van der Waals surface area (Å²) in [5.74, 6) is -0.557. The fraction of sp³-hybridized carbons (Fsp3) is 0. The van der Waals surface area contributed by atoms with Gasteiger partial charge >= 0.3 is 0 Å². The Hall–Kier alpha value is -3.65. The molecule has 0 aliphatic heterocycles. The van der Waals surface area contributed by atoms with E-state index in [2.05, 4.69) is 0 Å². The summed E-state index contributed by atoms with van der Waals surface area (Å²) in [4.78, 5) is 25.8. The molecule has 1 aliphatic carbocycles. The SMILES string of the molecule is N#Cc1c2c(n(-c3ccccc3)c1N)C(=O)c1ccccc1C2=O. The second kappa shape index (κ2) is 4.93. The largest absolute Gasteiger partial charge is 0.384 e. The van der Waals surface area contributed by atoms with Crippen LogP contribution in [0.1, 0.15) is 37.5 Å². The van der Waals surface area contributed by atoms with Gasteiger partial charge in [-0.15, -0.1) is 0 Å². The van der Waals surface area contributed by atoms with Gasteiger partial charge in [0, 0.05) is 16.8 Å². The van der Waals surface area contributed by atoms with Gasteiger partial charge in [0.05, 0.1) is 5.56 Å². The highest BCUT2D eigenvalue weighted by molar-refractivity contribution is 6.29. The molecule has 5 nitrogen and oxygen atoms in total. The van der Waals surface area contributed by atoms with Crippen molar-refractivity contribution in [2.45, 2.75) is 0 Å². The van der Waals surface area contributed by atoms with E-state index in [4.69, 9.17) is 5.73 Å². The highest BCUT2D eigenvalue weighted by atomic mass is 16.1. The number of nitriles is 1. The molecule has 0 fully saturated rings. The maximum absolute atomic E-state index is 13.0. The van der Waals surface area contributed by atoms with Crippen molar-refractivity contribution in [2.24, 2.45) is 0 Å². The predicted octanol–water partition coefficient (Wildman–Crippen LogP) is 2.71. The number of anilines is 1. The topological polar surface area (TPSA) is 88.9 Å². The van der Waals surface area contributed by atoms with Gasteiger partial charge in [-0.3, -0.25) is 14.2 Å². The third kappa shape index (κ3) is 1.68. The van der Waals surface area contributed by atoms with Gasteiger partial charge in [-0.05, 0) is 12.1 Å². The quantitative estimate of drug-likeness (QED) is 0.585. The number of aromatic nitrogens is 1. The average Bonchev–Trinajstić information content (AvgIpc) is 2.93. The van der Waals surface area contributed by atoms with E-state index in [0.29, 0.717) is 16.8 Å². The van der Waals surface area contributed by atoms with Crippen molar-refractivity contribution < 1.29 is 9.59 Å². The zero-order valence-corrected chi connectivity index (χ0v) is 12.5. The van der Waals surface area contributed by atoms with Crippen molar-refractivity contribution in [3.8, 4) is 11.8 Å². The second-order valence-electron chi connectivity index (χ2n) is 5.47. The number of nitrogen functional groups attached to an aromatic ring is 1. The molecule has 1 aromatic heterocycles. The van der Waals surface area contributed by atoms with Crippen molar-refractivity contribution in [2.75, 3.05) is 5.73 Å². The van der Waals surface area contributed by atoms with Crippen LogP contribution in [0.25, 0.3) is 5.69 Å². The van der Waals surface area contributed by atoms with Crippen LogP contribution < -0.4 is 5.73 Å². The molecule has 0 saturated carbocycles. The van der Waals surface area contributed by atoms with Gasteiger partial charge in [0.1, 0.15) is 23.1 Å². The first-order valence-corrected chi connectivity index (χ1v) is 7.33. The molecule has 0 atom stereocenters. The molecule has 2 N–H and O–H groups in total. The lowest BCUT2D eigenvalue weighted by molar-refractivity contribution is 0.0975. The van der Waals surface area contributed by atoms with E-state index >= 15 is 0 Å². The number of rotatable bonds is 1. The van der Waals surface area contributed by atoms with Gasteiger partial charge in [-0.1, -0.05) is 42.5 Å². The normalized spacial score (nSPS) is 12.5. The van der Waals surface area contributed by atoms with Crippen molar-refractivity contribution in [1.82, 2.24) is 4.57 Å². The summed E-state index contributed by atoms with van der Waals surface area (Å²) in [7, 11) is 0. The molecule has 0 bridgehead atoms. The first-order valence-electron chi connectivity index (χ1n) is 7.33. The summed E-state index contributed by atoms with van der Waals surface area (Å²) in [6.07, 6.45) is 0. The molecule has 1 aliphatic rings. The van der Waals surface area contributed by atoms with Gasteiger partial charge < -0.3 is 5.73 Å². The minimum absolute atomic E-state index is 0.0432. The van der Waals surface area contributed by atoms with Crippen LogP contribution in [-0.2, 0) is 0 Å². The number of nitrogens with zero attached hydrogens (tertiary/aromatic N) is 2. The lowest BCUT2D eigenvalue weighted by Gasteiger charge is -2.17. The molecule has 4 rings (SSSR count). The first kappa shape index (κ1) is 14.0. The Labute approximate surface area is 137 Å². The molecule has 3 aromatic rings. The van der Waals surface area contributed by atoms with Crippen molar-refractivity contribution >= 4 is 17.4 Å². The summed E-state index contributed by atoms with van der Waals surface area (Å²) < 4.78 is 1.49. The average molecular weight is 313 g/mol. The van der Waals surface area contributed by atoms with Crippen LogP contribution in [0.15, 0.2) is 54.6 Å². The van der Waals surface area contributed by atoms with Crippen LogP contribution >= 0.6 is 0 Å². The Morgan fingerprint density at radius 3 is 2.08 bits per heavy atom. The number of ketones is 2. The van der Waals surface area contributed by atoms with Crippen LogP contribution in [0, 0.1) is 11.3 Å². The van der Waals surface area contributed by atoms with Crippen LogP contribution in [-0.4, -0.2) is 16.1 Å². The van der Waals surface area contributed by atoms with E-state index < -0.39 is 0 Å². The zero-order valence-electron chi connectivity index (χ0n) is 12.5. The number of fused-ring (bicyclic) bond motifs is 2. The van der Waals surface area contributed by atoms with Gasteiger partial charge in [0.15, 0.2) is 5.78 Å². The Morgan fingerprint density at radius 2 is 1.46 bits per heavy atom. The smallest absolute Gasteiger partial charge is 0.211 e. The zero-order chi connectivity index (χ0) is 16.8. The third-order valence-electron chi connectivity index (χ3n) is 4.19. The molecule has 0 unspecified atom stereocenters. The van der Waals surface area contributed by atoms with Crippen LogP contribution in [0.3, 0.4) is 0 Å². The van der Waals surface area contributed by atoms with E-state index in [1.165, 1.54) is 4.57 Å². The second-order valence-corrected chi connectivity index (χ2v) is 5.47. The standard InChI is InChI=1S/C19H11N3O2/c20-10-14-15-16(22(19(14)21)11-6-2-1-3-7-11)18(24)13-9-5-4-8-12(13)17(15)23/h1-9H,21H2. The Bertz CT molecular complexity index is 1060. The Kier molecular flexibility index (Phi) is 2.87. The maximum atomic E-state index is 13.0. The number of nitrogens with two attached hydrogens (primary N) is 1. The van der Waals surface area contributed by atoms with Gasteiger partial charge in [0.2, 0.25) is 5.78 Å². The molecular weight excluding hydrogens is 302 g/mol. The minimum Gasteiger partial charge on any atom is -0.384 e. The fourth-order valence-corrected chi connectivity index (χ4v) is 3.13. The lowest BCUT2D eigenvalue weighted by Crippen LogP contribution is -2.23. The monoisotopic (exact) mass is 313 g/mol. The number of carbonyl (C=O) groups excluding carboxylic acids is 2. The van der Waals surface area contributed by atoms with Crippen LogP contribution in [0.2, 0.25) is 0 Å². The molecular formula is C19H11N3O2. The summed E-state index contributed by atoms with van der Waals surface area (Å²) >= 11 is 0. The Morgan fingerprint density at radius 1 is 0.875 bits per heavy atom. The number of para-hydroxylation sites is 1.